The van der Waals surface area contributed by atoms with E-state index in [1.807, 2.05) is 26.0 Å². The van der Waals surface area contributed by atoms with Crippen LogP contribution in [0.4, 0.5) is 10.5 Å². The first kappa shape index (κ1) is 18.7. The molecule has 2 aromatic rings. The first-order valence-corrected chi connectivity index (χ1v) is 8.96. The van der Waals surface area contributed by atoms with Gasteiger partial charge in [-0.1, -0.05) is 29.8 Å². The Morgan fingerprint density at radius 3 is 2.67 bits per heavy atom. The Kier molecular flexibility index (Phi) is 5.32. The Balaban J connectivity index is 1.86. The van der Waals surface area contributed by atoms with Crippen LogP contribution in [0.15, 0.2) is 47.4 Å². The number of imide groups is 1. The van der Waals surface area contributed by atoms with Gasteiger partial charge in [0.2, 0.25) is 0 Å². The largest absolute Gasteiger partial charge is 0.482 e. The molecule has 2 amide bonds. The van der Waals surface area contributed by atoms with Crippen molar-refractivity contribution in [3.63, 3.8) is 0 Å². The summed E-state index contributed by atoms with van der Waals surface area (Å²) in [4.78, 5) is 37.3. The van der Waals surface area contributed by atoms with Gasteiger partial charge in [0.15, 0.2) is 6.61 Å². The Morgan fingerprint density at radius 2 is 1.96 bits per heavy atom. The van der Waals surface area contributed by atoms with E-state index < -0.39 is 12.6 Å². The van der Waals surface area contributed by atoms with Crippen LogP contribution in [0.25, 0.3) is 6.08 Å². The number of ether oxygens (including phenoxy) is 1. The number of rotatable bonds is 5. The van der Waals surface area contributed by atoms with Crippen molar-refractivity contribution in [3.05, 3.63) is 64.1 Å². The minimum atomic E-state index is -1.07. The molecule has 1 fully saturated rings. The van der Waals surface area contributed by atoms with Gasteiger partial charge < -0.3 is 9.84 Å². The molecular formula is C20H17NO5S. The van der Waals surface area contributed by atoms with Crippen LogP contribution in [0.5, 0.6) is 5.75 Å². The van der Waals surface area contributed by atoms with E-state index in [1.165, 1.54) is 4.90 Å². The van der Waals surface area contributed by atoms with Gasteiger partial charge in [0.1, 0.15) is 5.75 Å². The SMILES string of the molecule is Cc1ccc(N2C(=O)S/C(=C/c3cccc(OCC(=O)O)c3)C2=O)c(C)c1. The average Bonchev–Trinajstić information content (AvgIpc) is 2.88. The van der Waals surface area contributed by atoms with E-state index in [-0.39, 0.29) is 11.1 Å². The van der Waals surface area contributed by atoms with E-state index in [2.05, 4.69) is 0 Å². The highest BCUT2D eigenvalue weighted by Crippen LogP contribution is 2.37. The fourth-order valence-corrected chi connectivity index (χ4v) is 3.56. The Hall–Kier alpha value is -3.06. The van der Waals surface area contributed by atoms with Crippen LogP contribution in [0, 0.1) is 13.8 Å². The molecule has 0 saturated carbocycles. The van der Waals surface area contributed by atoms with Gasteiger partial charge in [-0.15, -0.1) is 0 Å². The summed E-state index contributed by atoms with van der Waals surface area (Å²) in [5.41, 5.74) is 3.12. The van der Waals surface area contributed by atoms with E-state index in [9.17, 15) is 14.4 Å². The third-order valence-electron chi connectivity index (χ3n) is 3.91. The zero-order chi connectivity index (χ0) is 19.6. The number of hydrogen-bond donors (Lipinski definition) is 1. The van der Waals surface area contributed by atoms with Crippen molar-refractivity contribution in [2.24, 2.45) is 0 Å². The average molecular weight is 383 g/mol. The third kappa shape index (κ3) is 4.20. The zero-order valence-electron chi connectivity index (χ0n) is 14.8. The van der Waals surface area contributed by atoms with Crippen molar-refractivity contribution in [1.29, 1.82) is 0 Å². The number of benzene rings is 2. The van der Waals surface area contributed by atoms with E-state index >= 15 is 0 Å². The highest BCUT2D eigenvalue weighted by Gasteiger charge is 2.36. The molecule has 6 nitrogen and oxygen atoms in total. The maximum absolute atomic E-state index is 12.8. The molecule has 1 heterocycles. The van der Waals surface area contributed by atoms with Crippen molar-refractivity contribution in [2.75, 3.05) is 11.5 Å². The standard InChI is InChI=1S/C20H17NO5S/c1-12-6-7-16(13(2)8-12)21-19(24)17(27-20(21)25)10-14-4-3-5-15(9-14)26-11-18(22)23/h3-10H,11H2,1-2H3,(H,22,23)/b17-10+. The lowest BCUT2D eigenvalue weighted by atomic mass is 10.1. The van der Waals surface area contributed by atoms with Crippen molar-refractivity contribution in [1.82, 2.24) is 0 Å². The van der Waals surface area contributed by atoms with Crippen LogP contribution in [-0.2, 0) is 9.59 Å². The molecule has 0 bridgehead atoms. The number of anilines is 1. The molecule has 7 heteroatoms. The fourth-order valence-electron chi connectivity index (χ4n) is 2.72. The van der Waals surface area contributed by atoms with Crippen LogP contribution in [0.2, 0.25) is 0 Å². The van der Waals surface area contributed by atoms with E-state index in [0.29, 0.717) is 21.9 Å². The van der Waals surface area contributed by atoms with E-state index in [4.69, 9.17) is 9.84 Å². The maximum atomic E-state index is 12.8. The quantitative estimate of drug-likeness (QED) is 0.786. The Bertz CT molecular complexity index is 967. The molecule has 1 N–H and O–H groups in total. The molecule has 138 valence electrons. The molecular weight excluding hydrogens is 366 g/mol. The van der Waals surface area contributed by atoms with Gasteiger partial charge in [0, 0.05) is 0 Å². The van der Waals surface area contributed by atoms with Crippen molar-refractivity contribution < 1.29 is 24.2 Å². The van der Waals surface area contributed by atoms with E-state index in [1.54, 1.807) is 36.4 Å². The Labute approximate surface area is 160 Å². The topological polar surface area (TPSA) is 83.9 Å². The molecule has 0 aliphatic carbocycles. The Morgan fingerprint density at radius 1 is 1.19 bits per heavy atom. The van der Waals surface area contributed by atoms with Gasteiger partial charge in [0.05, 0.1) is 10.6 Å². The summed E-state index contributed by atoms with van der Waals surface area (Å²) in [6.07, 6.45) is 1.60. The van der Waals surface area contributed by atoms with Crippen LogP contribution < -0.4 is 9.64 Å². The zero-order valence-corrected chi connectivity index (χ0v) is 15.6. The second-order valence-electron chi connectivity index (χ2n) is 6.06. The molecule has 1 aliphatic rings. The van der Waals surface area contributed by atoms with Gasteiger partial charge in [-0.25, -0.2) is 9.69 Å². The normalized spacial score (nSPS) is 15.5. The molecule has 1 aliphatic heterocycles. The second-order valence-corrected chi connectivity index (χ2v) is 7.06. The second kappa shape index (κ2) is 7.67. The molecule has 0 atom stereocenters. The lowest BCUT2D eigenvalue weighted by molar-refractivity contribution is -0.139. The molecule has 3 rings (SSSR count). The highest BCUT2D eigenvalue weighted by molar-refractivity contribution is 8.19. The van der Waals surface area contributed by atoms with E-state index in [0.717, 1.165) is 22.9 Å². The first-order valence-electron chi connectivity index (χ1n) is 8.15. The lowest BCUT2D eigenvalue weighted by Gasteiger charge is -2.15. The predicted molar refractivity (Wildman–Crippen MR) is 104 cm³/mol. The maximum Gasteiger partial charge on any atom is 0.341 e. The smallest absolute Gasteiger partial charge is 0.341 e. The monoisotopic (exact) mass is 383 g/mol. The lowest BCUT2D eigenvalue weighted by Crippen LogP contribution is -2.28. The number of carbonyl (C=O) groups is 3. The summed E-state index contributed by atoms with van der Waals surface area (Å²) in [5.74, 6) is -1.08. The number of aliphatic carboxylic acids is 1. The molecule has 2 aromatic carbocycles. The number of aryl methyl sites for hydroxylation is 2. The van der Waals surface area contributed by atoms with Gasteiger partial charge in [0.25, 0.3) is 11.1 Å². The number of hydrogen-bond acceptors (Lipinski definition) is 5. The van der Waals surface area contributed by atoms with Crippen molar-refractivity contribution in [2.45, 2.75) is 13.8 Å². The number of carboxylic acids is 1. The number of carbonyl (C=O) groups excluding carboxylic acids is 2. The predicted octanol–water partition coefficient (Wildman–Crippen LogP) is 4.01. The number of thioether (sulfide) groups is 1. The van der Waals surface area contributed by atoms with Crippen molar-refractivity contribution in [3.8, 4) is 5.75 Å². The summed E-state index contributed by atoms with van der Waals surface area (Å²) >= 11 is 0.872. The minimum absolute atomic E-state index is 0.301. The molecule has 0 radical (unpaired) electrons. The van der Waals surface area contributed by atoms with Gasteiger partial charge in [-0.05, 0) is 61.0 Å². The molecule has 0 aromatic heterocycles. The minimum Gasteiger partial charge on any atom is -0.482 e. The number of carboxylic acid groups (broad SMARTS) is 1. The third-order valence-corrected chi connectivity index (χ3v) is 4.77. The molecule has 1 saturated heterocycles. The highest BCUT2D eigenvalue weighted by atomic mass is 32.2. The summed E-state index contributed by atoms with van der Waals surface area (Å²) < 4.78 is 5.14. The number of amides is 2. The summed E-state index contributed by atoms with van der Waals surface area (Å²) in [7, 11) is 0. The van der Waals surface area contributed by atoms with Crippen LogP contribution in [0.3, 0.4) is 0 Å². The van der Waals surface area contributed by atoms with Gasteiger partial charge >= 0.3 is 5.97 Å². The molecule has 0 unspecified atom stereocenters. The summed E-state index contributed by atoms with van der Waals surface area (Å²) in [6, 6.07) is 12.2. The number of nitrogens with zero attached hydrogens (tertiary/aromatic N) is 1. The first-order chi connectivity index (χ1) is 12.8. The fraction of sp³-hybridized carbons (Fsp3) is 0.150. The van der Waals surface area contributed by atoms with Crippen LogP contribution in [-0.4, -0.2) is 28.8 Å². The van der Waals surface area contributed by atoms with Crippen LogP contribution in [0.1, 0.15) is 16.7 Å². The summed E-state index contributed by atoms with van der Waals surface area (Å²) in [6.45, 7) is 3.36. The van der Waals surface area contributed by atoms with Gasteiger partial charge in [-0.2, -0.15) is 0 Å². The summed E-state index contributed by atoms with van der Waals surface area (Å²) in [5, 5.41) is 8.34. The molecule has 27 heavy (non-hydrogen) atoms. The molecule has 0 spiro atoms. The van der Waals surface area contributed by atoms with Crippen molar-refractivity contribution >= 4 is 40.6 Å². The van der Waals surface area contributed by atoms with Crippen LogP contribution >= 0.6 is 11.8 Å². The van der Waals surface area contributed by atoms with Gasteiger partial charge in [-0.3, -0.25) is 9.59 Å².